The van der Waals surface area contributed by atoms with E-state index in [-0.39, 0.29) is 11.8 Å². The standard InChI is InChI=1S/C10H20N2O2/c1-3-5-6-7-8(4-2)9(13)12-10(11)14/h8H,3-7H2,1-2H3,(H3,11,12,13,14). The third-order valence-electron chi connectivity index (χ3n) is 2.27. The number of unbranched alkanes of at least 4 members (excludes halogenated alkanes) is 2. The quantitative estimate of drug-likeness (QED) is 0.641. The fraction of sp³-hybridized carbons (Fsp3) is 0.800. The first-order valence-corrected chi connectivity index (χ1v) is 5.22. The number of hydrogen-bond acceptors (Lipinski definition) is 2. The molecule has 4 nitrogen and oxygen atoms in total. The fourth-order valence-corrected chi connectivity index (χ4v) is 1.38. The molecule has 3 N–H and O–H groups in total. The fourth-order valence-electron chi connectivity index (χ4n) is 1.38. The van der Waals surface area contributed by atoms with Crippen LogP contribution in [0.2, 0.25) is 0 Å². The molecule has 1 atom stereocenters. The van der Waals surface area contributed by atoms with E-state index >= 15 is 0 Å². The van der Waals surface area contributed by atoms with E-state index in [2.05, 4.69) is 12.2 Å². The van der Waals surface area contributed by atoms with Gasteiger partial charge in [0, 0.05) is 5.92 Å². The van der Waals surface area contributed by atoms with Crippen LogP contribution in [-0.2, 0) is 4.79 Å². The molecule has 14 heavy (non-hydrogen) atoms. The van der Waals surface area contributed by atoms with Crippen LogP contribution >= 0.6 is 0 Å². The summed E-state index contributed by atoms with van der Waals surface area (Å²) >= 11 is 0. The molecule has 0 radical (unpaired) electrons. The topological polar surface area (TPSA) is 72.2 Å². The van der Waals surface area contributed by atoms with Crippen molar-refractivity contribution in [1.82, 2.24) is 5.32 Å². The summed E-state index contributed by atoms with van der Waals surface area (Å²) < 4.78 is 0. The van der Waals surface area contributed by atoms with Gasteiger partial charge in [-0.05, 0) is 12.8 Å². The Kier molecular flexibility index (Phi) is 6.80. The summed E-state index contributed by atoms with van der Waals surface area (Å²) in [6.07, 6.45) is 4.88. The minimum absolute atomic E-state index is 0.0750. The van der Waals surface area contributed by atoms with Crippen molar-refractivity contribution in [3.8, 4) is 0 Å². The lowest BCUT2D eigenvalue weighted by Crippen LogP contribution is -2.39. The van der Waals surface area contributed by atoms with Crippen molar-refractivity contribution in [2.75, 3.05) is 0 Å². The smallest absolute Gasteiger partial charge is 0.318 e. The van der Waals surface area contributed by atoms with Gasteiger partial charge in [0.05, 0.1) is 0 Å². The first-order chi connectivity index (χ1) is 6.61. The van der Waals surface area contributed by atoms with Crippen molar-refractivity contribution in [2.45, 2.75) is 46.0 Å². The van der Waals surface area contributed by atoms with E-state index < -0.39 is 6.03 Å². The minimum atomic E-state index is -0.760. The monoisotopic (exact) mass is 200 g/mol. The maximum absolute atomic E-state index is 11.4. The normalized spacial score (nSPS) is 12.1. The number of nitrogens with two attached hydrogens (primary N) is 1. The van der Waals surface area contributed by atoms with E-state index in [1.807, 2.05) is 6.92 Å². The number of carbonyl (C=O) groups is 2. The van der Waals surface area contributed by atoms with Crippen LogP contribution < -0.4 is 11.1 Å². The second-order valence-electron chi connectivity index (χ2n) is 3.45. The number of imide groups is 1. The Morgan fingerprint density at radius 1 is 1.29 bits per heavy atom. The zero-order chi connectivity index (χ0) is 11.0. The third-order valence-corrected chi connectivity index (χ3v) is 2.27. The molecule has 0 aromatic carbocycles. The molecule has 0 aromatic rings. The molecule has 4 heteroatoms. The summed E-state index contributed by atoms with van der Waals surface area (Å²) in [5, 5.41) is 2.12. The SMILES string of the molecule is CCCCCC(CC)C(=O)NC(N)=O. The van der Waals surface area contributed by atoms with Crippen LogP contribution in [0.4, 0.5) is 4.79 Å². The Hall–Kier alpha value is -1.06. The number of carbonyl (C=O) groups excluding carboxylic acids is 2. The lowest BCUT2D eigenvalue weighted by atomic mass is 9.98. The zero-order valence-electron chi connectivity index (χ0n) is 9.01. The highest BCUT2D eigenvalue weighted by atomic mass is 16.2. The Morgan fingerprint density at radius 3 is 2.36 bits per heavy atom. The van der Waals surface area contributed by atoms with E-state index in [4.69, 9.17) is 5.73 Å². The van der Waals surface area contributed by atoms with Crippen LogP contribution in [-0.4, -0.2) is 11.9 Å². The molecule has 0 saturated heterocycles. The molecule has 0 saturated carbocycles. The average molecular weight is 200 g/mol. The van der Waals surface area contributed by atoms with Crippen molar-refractivity contribution in [2.24, 2.45) is 11.7 Å². The van der Waals surface area contributed by atoms with Gasteiger partial charge in [0.15, 0.2) is 0 Å². The number of primary amides is 1. The van der Waals surface area contributed by atoms with Gasteiger partial charge in [0.25, 0.3) is 0 Å². The number of urea groups is 1. The van der Waals surface area contributed by atoms with Crippen LogP contribution in [0, 0.1) is 5.92 Å². The van der Waals surface area contributed by atoms with Gasteiger partial charge >= 0.3 is 6.03 Å². The molecule has 0 bridgehead atoms. The maximum Gasteiger partial charge on any atom is 0.318 e. The van der Waals surface area contributed by atoms with Gasteiger partial charge in [-0.2, -0.15) is 0 Å². The summed E-state index contributed by atoms with van der Waals surface area (Å²) in [4.78, 5) is 21.8. The Morgan fingerprint density at radius 2 is 1.93 bits per heavy atom. The van der Waals surface area contributed by atoms with Crippen LogP contribution in [0.5, 0.6) is 0 Å². The predicted octanol–water partition coefficient (Wildman–Crippen LogP) is 1.79. The predicted molar refractivity (Wildman–Crippen MR) is 55.6 cm³/mol. The van der Waals surface area contributed by atoms with Crippen LogP contribution in [0.15, 0.2) is 0 Å². The molecule has 0 rings (SSSR count). The Balaban J connectivity index is 3.86. The summed E-state index contributed by atoms with van der Waals surface area (Å²) in [6, 6.07) is -0.760. The van der Waals surface area contributed by atoms with Crippen LogP contribution in [0.3, 0.4) is 0 Å². The van der Waals surface area contributed by atoms with Gasteiger partial charge in [0.2, 0.25) is 5.91 Å². The molecule has 82 valence electrons. The highest BCUT2D eigenvalue weighted by molar-refractivity contribution is 5.94. The van der Waals surface area contributed by atoms with Crippen molar-refractivity contribution in [3.63, 3.8) is 0 Å². The third kappa shape index (κ3) is 5.56. The lowest BCUT2D eigenvalue weighted by molar-refractivity contribution is -0.124. The number of rotatable bonds is 6. The zero-order valence-corrected chi connectivity index (χ0v) is 9.01. The summed E-state index contributed by atoms with van der Waals surface area (Å²) in [6.45, 7) is 4.06. The van der Waals surface area contributed by atoms with Crippen molar-refractivity contribution >= 4 is 11.9 Å². The maximum atomic E-state index is 11.4. The van der Waals surface area contributed by atoms with Gasteiger partial charge in [0.1, 0.15) is 0 Å². The van der Waals surface area contributed by atoms with Crippen LogP contribution in [0.25, 0.3) is 0 Å². The molecule has 3 amide bonds. The summed E-state index contributed by atoms with van der Waals surface area (Å²) in [5.41, 5.74) is 4.87. The second-order valence-corrected chi connectivity index (χ2v) is 3.45. The molecule has 0 aliphatic rings. The van der Waals surface area contributed by atoms with Crippen molar-refractivity contribution in [1.29, 1.82) is 0 Å². The van der Waals surface area contributed by atoms with Crippen molar-refractivity contribution < 1.29 is 9.59 Å². The summed E-state index contributed by atoms with van der Waals surface area (Å²) in [5.74, 6) is -0.315. The molecule has 0 aliphatic heterocycles. The van der Waals surface area contributed by atoms with Crippen molar-refractivity contribution in [3.05, 3.63) is 0 Å². The largest absolute Gasteiger partial charge is 0.351 e. The van der Waals surface area contributed by atoms with Gasteiger partial charge in [-0.3, -0.25) is 10.1 Å². The molecule has 0 fully saturated rings. The number of hydrogen-bond donors (Lipinski definition) is 2. The van der Waals surface area contributed by atoms with Gasteiger partial charge < -0.3 is 5.73 Å². The molecule has 0 heterocycles. The minimum Gasteiger partial charge on any atom is -0.351 e. The van der Waals surface area contributed by atoms with E-state index in [1.54, 1.807) is 0 Å². The Bertz CT molecular complexity index is 193. The first-order valence-electron chi connectivity index (χ1n) is 5.22. The van der Waals surface area contributed by atoms with E-state index in [0.29, 0.717) is 0 Å². The molecular weight excluding hydrogens is 180 g/mol. The summed E-state index contributed by atoms with van der Waals surface area (Å²) in [7, 11) is 0. The van der Waals surface area contributed by atoms with E-state index in [9.17, 15) is 9.59 Å². The first kappa shape index (κ1) is 12.9. The average Bonchev–Trinajstić information content (AvgIpc) is 2.11. The van der Waals surface area contributed by atoms with Gasteiger partial charge in [-0.1, -0.05) is 33.1 Å². The van der Waals surface area contributed by atoms with Gasteiger partial charge in [-0.25, -0.2) is 4.79 Å². The highest BCUT2D eigenvalue weighted by Crippen LogP contribution is 2.13. The second kappa shape index (κ2) is 7.35. The van der Waals surface area contributed by atoms with E-state index in [0.717, 1.165) is 32.1 Å². The molecule has 0 spiro atoms. The number of amides is 3. The van der Waals surface area contributed by atoms with E-state index in [1.165, 1.54) is 0 Å². The molecule has 0 aromatic heterocycles. The molecule has 0 aliphatic carbocycles. The van der Waals surface area contributed by atoms with Gasteiger partial charge in [-0.15, -0.1) is 0 Å². The lowest BCUT2D eigenvalue weighted by Gasteiger charge is -2.12. The molecular formula is C10H20N2O2. The molecule has 1 unspecified atom stereocenters. The highest BCUT2D eigenvalue weighted by Gasteiger charge is 2.16. The van der Waals surface area contributed by atoms with Crippen LogP contribution in [0.1, 0.15) is 46.0 Å². The Labute approximate surface area is 85.2 Å². The number of nitrogens with one attached hydrogen (secondary N) is 1.